The van der Waals surface area contributed by atoms with Crippen molar-refractivity contribution in [2.75, 3.05) is 0 Å². The maximum Gasteiger partial charge on any atom is 0.307 e. The third-order valence-electron chi connectivity index (χ3n) is 3.10. The van der Waals surface area contributed by atoms with Gasteiger partial charge in [0, 0.05) is 5.38 Å². The summed E-state index contributed by atoms with van der Waals surface area (Å²) in [4.78, 5) is 26.9. The summed E-state index contributed by atoms with van der Waals surface area (Å²) in [5.74, 6) is -1.93. The molecule has 1 heterocycles. The first-order chi connectivity index (χ1) is 8.18. The first-order valence-electron chi connectivity index (χ1n) is 5.56. The molecular formula is C11H14N2O3S. The van der Waals surface area contributed by atoms with Crippen LogP contribution in [-0.4, -0.2) is 22.0 Å². The van der Waals surface area contributed by atoms with Crippen LogP contribution in [0.3, 0.4) is 0 Å². The quantitative estimate of drug-likeness (QED) is 0.847. The number of carbonyl (C=O) groups is 2. The van der Waals surface area contributed by atoms with Crippen molar-refractivity contribution in [1.82, 2.24) is 10.3 Å². The molecule has 0 radical (unpaired) electrons. The second kappa shape index (κ2) is 5.27. The lowest BCUT2D eigenvalue weighted by atomic mass is 9.95. The summed E-state index contributed by atoms with van der Waals surface area (Å²) < 4.78 is 0. The summed E-state index contributed by atoms with van der Waals surface area (Å²) in [5.41, 5.74) is 2.52. The molecule has 0 spiro atoms. The fourth-order valence-corrected chi connectivity index (χ4v) is 2.76. The molecule has 0 bridgehead atoms. The third-order valence-corrected chi connectivity index (χ3v) is 3.73. The zero-order chi connectivity index (χ0) is 12.3. The molecule has 0 aromatic carbocycles. The zero-order valence-corrected chi connectivity index (χ0v) is 10.1. The second-order valence-corrected chi connectivity index (χ2v) is 4.90. The molecule has 0 saturated heterocycles. The van der Waals surface area contributed by atoms with Crippen molar-refractivity contribution in [1.29, 1.82) is 0 Å². The largest absolute Gasteiger partial charge is 0.481 e. The van der Waals surface area contributed by atoms with Gasteiger partial charge in [-0.1, -0.05) is 6.42 Å². The summed E-state index contributed by atoms with van der Waals surface area (Å²) in [6.07, 6.45) is 2.08. The van der Waals surface area contributed by atoms with Gasteiger partial charge in [-0.15, -0.1) is 11.3 Å². The number of aromatic nitrogens is 1. The molecule has 2 unspecified atom stereocenters. The normalized spacial score (nSPS) is 23.5. The van der Waals surface area contributed by atoms with Gasteiger partial charge in [-0.2, -0.15) is 0 Å². The van der Waals surface area contributed by atoms with Crippen LogP contribution in [0.2, 0.25) is 0 Å². The molecule has 1 aromatic heterocycles. The maximum atomic E-state index is 11.9. The number of nitrogens with one attached hydrogen (secondary N) is 1. The predicted molar refractivity (Wildman–Crippen MR) is 62.4 cm³/mol. The van der Waals surface area contributed by atoms with Gasteiger partial charge in [0.05, 0.1) is 29.6 Å². The second-order valence-electron chi connectivity index (χ2n) is 4.18. The molecule has 1 saturated carbocycles. The molecule has 1 fully saturated rings. The van der Waals surface area contributed by atoms with Crippen molar-refractivity contribution in [2.45, 2.75) is 25.8 Å². The van der Waals surface area contributed by atoms with Gasteiger partial charge in [0.25, 0.3) is 0 Å². The van der Waals surface area contributed by atoms with Gasteiger partial charge in [0.1, 0.15) is 0 Å². The minimum Gasteiger partial charge on any atom is -0.481 e. The van der Waals surface area contributed by atoms with E-state index in [0.717, 1.165) is 12.1 Å². The smallest absolute Gasteiger partial charge is 0.307 e. The summed E-state index contributed by atoms with van der Waals surface area (Å²) in [5, 5.41) is 13.6. The van der Waals surface area contributed by atoms with Gasteiger partial charge >= 0.3 is 5.97 Å². The number of rotatable bonds is 4. The highest BCUT2D eigenvalue weighted by Crippen LogP contribution is 2.32. The Morgan fingerprint density at radius 3 is 2.88 bits per heavy atom. The molecule has 17 heavy (non-hydrogen) atoms. The van der Waals surface area contributed by atoms with E-state index in [1.807, 2.05) is 5.38 Å². The fourth-order valence-electron chi connectivity index (χ4n) is 2.20. The van der Waals surface area contributed by atoms with Crippen LogP contribution in [0.25, 0.3) is 0 Å². The van der Waals surface area contributed by atoms with Gasteiger partial charge < -0.3 is 10.4 Å². The van der Waals surface area contributed by atoms with E-state index in [-0.39, 0.29) is 11.8 Å². The Hall–Kier alpha value is -1.43. The van der Waals surface area contributed by atoms with Crippen molar-refractivity contribution in [3.63, 3.8) is 0 Å². The van der Waals surface area contributed by atoms with Crippen LogP contribution in [0, 0.1) is 11.8 Å². The van der Waals surface area contributed by atoms with Crippen LogP contribution in [0.5, 0.6) is 0 Å². The molecule has 1 aliphatic carbocycles. The Labute approximate surface area is 103 Å². The monoisotopic (exact) mass is 254 g/mol. The lowest BCUT2D eigenvalue weighted by Crippen LogP contribution is -2.34. The molecule has 6 heteroatoms. The standard InChI is InChI=1S/C11H14N2O3S/c14-10(12-4-7-5-17-6-13-7)8-2-1-3-9(8)11(15)16/h5-6,8-9H,1-4H2,(H,12,14)(H,15,16). The van der Waals surface area contributed by atoms with Crippen LogP contribution in [0.4, 0.5) is 0 Å². The SMILES string of the molecule is O=C(O)C1CCCC1C(=O)NCc1cscn1. The molecule has 5 nitrogen and oxygen atoms in total. The van der Waals surface area contributed by atoms with Gasteiger partial charge in [-0.25, -0.2) is 4.98 Å². The minimum atomic E-state index is -0.865. The average Bonchev–Trinajstić information content (AvgIpc) is 2.96. The highest BCUT2D eigenvalue weighted by molar-refractivity contribution is 7.07. The van der Waals surface area contributed by atoms with Crippen LogP contribution in [-0.2, 0) is 16.1 Å². The van der Waals surface area contributed by atoms with E-state index in [4.69, 9.17) is 5.11 Å². The number of aliphatic carboxylic acids is 1. The zero-order valence-electron chi connectivity index (χ0n) is 9.26. The van der Waals surface area contributed by atoms with E-state index in [2.05, 4.69) is 10.3 Å². The van der Waals surface area contributed by atoms with E-state index < -0.39 is 11.9 Å². The molecule has 92 valence electrons. The summed E-state index contributed by atoms with van der Waals surface area (Å²) in [6.45, 7) is 0.380. The Kier molecular flexibility index (Phi) is 3.73. The number of carboxylic acid groups (broad SMARTS) is 1. The summed E-state index contributed by atoms with van der Waals surface area (Å²) >= 11 is 1.47. The molecule has 0 aliphatic heterocycles. The molecule has 2 N–H and O–H groups in total. The summed E-state index contributed by atoms with van der Waals surface area (Å²) in [7, 11) is 0. The molecule has 2 atom stereocenters. The van der Waals surface area contributed by atoms with E-state index in [1.165, 1.54) is 11.3 Å². The Balaban J connectivity index is 1.89. The highest BCUT2D eigenvalue weighted by Gasteiger charge is 2.37. The molecule has 1 aliphatic rings. The molecular weight excluding hydrogens is 240 g/mol. The van der Waals surface area contributed by atoms with Gasteiger partial charge in [-0.05, 0) is 12.8 Å². The lowest BCUT2D eigenvalue weighted by Gasteiger charge is -2.14. The minimum absolute atomic E-state index is 0.164. The molecule has 1 aromatic rings. The maximum absolute atomic E-state index is 11.9. The number of hydrogen-bond donors (Lipinski definition) is 2. The third kappa shape index (κ3) is 2.82. The Morgan fingerprint density at radius 2 is 2.24 bits per heavy atom. The van der Waals surface area contributed by atoms with Crippen molar-refractivity contribution in [3.8, 4) is 0 Å². The van der Waals surface area contributed by atoms with Crippen molar-refractivity contribution < 1.29 is 14.7 Å². The first kappa shape index (κ1) is 12.0. The Morgan fingerprint density at radius 1 is 1.47 bits per heavy atom. The number of hydrogen-bond acceptors (Lipinski definition) is 4. The lowest BCUT2D eigenvalue weighted by molar-refractivity contribution is -0.146. The van der Waals surface area contributed by atoms with Crippen LogP contribution < -0.4 is 5.32 Å². The van der Waals surface area contributed by atoms with E-state index in [9.17, 15) is 9.59 Å². The van der Waals surface area contributed by atoms with Gasteiger partial charge in [0.15, 0.2) is 0 Å². The number of carbonyl (C=O) groups excluding carboxylic acids is 1. The van der Waals surface area contributed by atoms with E-state index >= 15 is 0 Å². The van der Waals surface area contributed by atoms with Gasteiger partial charge in [-0.3, -0.25) is 9.59 Å². The van der Waals surface area contributed by atoms with Crippen molar-refractivity contribution >= 4 is 23.2 Å². The Bertz CT molecular complexity index is 405. The number of thiazole rings is 1. The van der Waals surface area contributed by atoms with Crippen molar-refractivity contribution in [2.24, 2.45) is 11.8 Å². The number of carboxylic acids is 1. The van der Waals surface area contributed by atoms with Crippen molar-refractivity contribution in [3.05, 3.63) is 16.6 Å². The molecule has 2 rings (SSSR count). The van der Waals surface area contributed by atoms with E-state index in [1.54, 1.807) is 5.51 Å². The van der Waals surface area contributed by atoms with Crippen LogP contribution >= 0.6 is 11.3 Å². The van der Waals surface area contributed by atoms with Crippen LogP contribution in [0.1, 0.15) is 25.0 Å². The predicted octanol–water partition coefficient (Wildman–Crippen LogP) is 1.26. The van der Waals surface area contributed by atoms with Crippen LogP contribution in [0.15, 0.2) is 10.9 Å². The topological polar surface area (TPSA) is 79.3 Å². The van der Waals surface area contributed by atoms with Gasteiger partial charge in [0.2, 0.25) is 5.91 Å². The van der Waals surface area contributed by atoms with E-state index in [0.29, 0.717) is 19.4 Å². The number of nitrogens with zero attached hydrogens (tertiary/aromatic N) is 1. The number of amides is 1. The summed E-state index contributed by atoms with van der Waals surface area (Å²) in [6, 6.07) is 0. The first-order valence-corrected chi connectivity index (χ1v) is 6.50. The fraction of sp³-hybridized carbons (Fsp3) is 0.545. The highest BCUT2D eigenvalue weighted by atomic mass is 32.1. The molecule has 1 amide bonds. The average molecular weight is 254 g/mol.